The van der Waals surface area contributed by atoms with Gasteiger partial charge in [-0.2, -0.15) is 5.26 Å². The Hall–Kier alpha value is -3.46. The summed E-state index contributed by atoms with van der Waals surface area (Å²) in [6.07, 6.45) is 0. The molecule has 0 saturated heterocycles. The van der Waals surface area contributed by atoms with E-state index in [4.69, 9.17) is 0 Å². The van der Waals surface area contributed by atoms with Gasteiger partial charge in [-0.05, 0) is 41.1 Å². The first-order chi connectivity index (χ1) is 15.2. The number of fused-ring (bicyclic) bond motifs is 1. The summed E-state index contributed by atoms with van der Waals surface area (Å²) < 4.78 is 0.716. The summed E-state index contributed by atoms with van der Waals surface area (Å²) in [5.41, 5.74) is 0.778. The number of benzene rings is 4. The Balaban J connectivity index is 1.70. The second-order valence-corrected chi connectivity index (χ2v) is 9.01. The monoisotopic (exact) mass is 438 g/mol. The van der Waals surface area contributed by atoms with Gasteiger partial charge in [-0.15, -0.1) is 0 Å². The van der Waals surface area contributed by atoms with Gasteiger partial charge in [0.05, 0.1) is 4.24 Å². The molecule has 0 radical (unpaired) electrons. The van der Waals surface area contributed by atoms with Gasteiger partial charge in [-0.1, -0.05) is 96.3 Å². The molecule has 0 aromatic heterocycles. The lowest BCUT2D eigenvalue weighted by Gasteiger charge is -2.12. The SMILES string of the molecule is N#CC(NC(=O)c1cccc2ccccc12)=C(Sc1ccccc1)Sc1ccccc1. The number of nitrogens with one attached hydrogen (secondary N) is 1. The first kappa shape index (κ1) is 20.8. The molecule has 1 N–H and O–H groups in total. The molecule has 150 valence electrons. The number of carbonyl (C=O) groups is 1. The van der Waals surface area contributed by atoms with E-state index in [1.165, 1.54) is 23.5 Å². The quantitative estimate of drug-likeness (QED) is 0.264. The molecule has 1 amide bonds. The molecule has 31 heavy (non-hydrogen) atoms. The fourth-order valence-corrected chi connectivity index (χ4v) is 5.20. The molecule has 0 unspecified atom stereocenters. The minimum Gasteiger partial charge on any atom is -0.312 e. The van der Waals surface area contributed by atoms with Crippen LogP contribution in [0.25, 0.3) is 10.8 Å². The third-order valence-electron chi connectivity index (χ3n) is 4.50. The van der Waals surface area contributed by atoms with Gasteiger partial charge in [0.25, 0.3) is 5.91 Å². The average Bonchev–Trinajstić information content (AvgIpc) is 2.83. The topological polar surface area (TPSA) is 52.9 Å². The van der Waals surface area contributed by atoms with Crippen LogP contribution in [-0.4, -0.2) is 5.91 Å². The highest BCUT2D eigenvalue weighted by Gasteiger charge is 2.16. The molecule has 0 fully saturated rings. The molecule has 5 heteroatoms. The Morgan fingerprint density at radius 3 is 1.87 bits per heavy atom. The molecule has 0 spiro atoms. The lowest BCUT2D eigenvalue weighted by molar-refractivity contribution is 0.0969. The van der Waals surface area contributed by atoms with Crippen LogP contribution < -0.4 is 5.32 Å². The van der Waals surface area contributed by atoms with Gasteiger partial charge in [-0.25, -0.2) is 0 Å². The van der Waals surface area contributed by atoms with Crippen molar-refractivity contribution in [3.05, 3.63) is 119 Å². The van der Waals surface area contributed by atoms with Crippen LogP contribution in [0.3, 0.4) is 0 Å². The van der Waals surface area contributed by atoms with Gasteiger partial charge in [0.15, 0.2) is 0 Å². The fourth-order valence-electron chi connectivity index (χ4n) is 3.04. The molecular weight excluding hydrogens is 420 g/mol. The largest absolute Gasteiger partial charge is 0.312 e. The fraction of sp³-hybridized carbons (Fsp3) is 0. The molecule has 0 aliphatic carbocycles. The number of amides is 1. The number of nitriles is 1. The second-order valence-electron chi connectivity index (χ2n) is 6.59. The minimum absolute atomic E-state index is 0.237. The molecule has 0 aliphatic heterocycles. The van der Waals surface area contributed by atoms with Crippen LogP contribution in [-0.2, 0) is 0 Å². The Morgan fingerprint density at radius 1 is 0.710 bits per heavy atom. The van der Waals surface area contributed by atoms with E-state index >= 15 is 0 Å². The van der Waals surface area contributed by atoms with Crippen molar-refractivity contribution in [3.8, 4) is 6.07 Å². The van der Waals surface area contributed by atoms with Gasteiger partial charge in [0, 0.05) is 15.4 Å². The smallest absolute Gasteiger partial charge is 0.256 e. The molecule has 0 heterocycles. The van der Waals surface area contributed by atoms with Crippen molar-refractivity contribution in [2.45, 2.75) is 9.79 Å². The minimum atomic E-state index is -0.298. The van der Waals surface area contributed by atoms with Crippen LogP contribution in [0.4, 0.5) is 0 Å². The van der Waals surface area contributed by atoms with E-state index in [2.05, 4.69) is 11.4 Å². The Morgan fingerprint density at radius 2 is 1.26 bits per heavy atom. The highest BCUT2D eigenvalue weighted by atomic mass is 32.2. The maximum Gasteiger partial charge on any atom is 0.256 e. The lowest BCUT2D eigenvalue weighted by Crippen LogP contribution is -2.23. The van der Waals surface area contributed by atoms with Gasteiger partial charge in [-0.3, -0.25) is 4.79 Å². The van der Waals surface area contributed by atoms with E-state index in [9.17, 15) is 10.1 Å². The van der Waals surface area contributed by atoms with Crippen molar-refractivity contribution in [3.63, 3.8) is 0 Å². The summed E-state index contributed by atoms with van der Waals surface area (Å²) in [7, 11) is 0. The van der Waals surface area contributed by atoms with E-state index in [1.807, 2.05) is 97.1 Å². The predicted octanol–water partition coefficient (Wildman–Crippen LogP) is 6.85. The normalized spacial score (nSPS) is 10.3. The maximum absolute atomic E-state index is 13.1. The summed E-state index contributed by atoms with van der Waals surface area (Å²) in [5.74, 6) is -0.298. The van der Waals surface area contributed by atoms with E-state index < -0.39 is 0 Å². The van der Waals surface area contributed by atoms with Crippen LogP contribution in [0.1, 0.15) is 10.4 Å². The van der Waals surface area contributed by atoms with Crippen molar-refractivity contribution < 1.29 is 4.79 Å². The third kappa shape index (κ3) is 5.18. The van der Waals surface area contributed by atoms with Crippen molar-refractivity contribution >= 4 is 40.2 Å². The van der Waals surface area contributed by atoms with Crippen LogP contribution in [0.5, 0.6) is 0 Å². The van der Waals surface area contributed by atoms with E-state index in [0.29, 0.717) is 9.80 Å². The summed E-state index contributed by atoms with van der Waals surface area (Å²) in [6, 6.07) is 35.2. The van der Waals surface area contributed by atoms with E-state index in [1.54, 1.807) is 6.07 Å². The molecule has 0 aliphatic rings. The highest BCUT2D eigenvalue weighted by molar-refractivity contribution is 8.22. The number of nitrogens with zero attached hydrogens (tertiary/aromatic N) is 1. The Labute approximate surface area is 189 Å². The Bertz CT molecular complexity index is 1230. The van der Waals surface area contributed by atoms with Crippen LogP contribution in [0, 0.1) is 11.3 Å². The number of allylic oxidation sites excluding steroid dienone is 1. The zero-order valence-corrected chi connectivity index (χ0v) is 18.1. The van der Waals surface area contributed by atoms with Crippen molar-refractivity contribution in [2.75, 3.05) is 0 Å². The van der Waals surface area contributed by atoms with Crippen LogP contribution in [0.15, 0.2) is 123 Å². The number of rotatable bonds is 6. The number of carbonyl (C=O) groups excluding carboxylic acids is 1. The third-order valence-corrected chi connectivity index (χ3v) is 6.79. The number of hydrogen-bond acceptors (Lipinski definition) is 4. The van der Waals surface area contributed by atoms with Crippen molar-refractivity contribution in [1.82, 2.24) is 5.32 Å². The first-order valence-electron chi connectivity index (χ1n) is 9.64. The average molecular weight is 439 g/mol. The van der Waals surface area contributed by atoms with Crippen molar-refractivity contribution in [2.24, 2.45) is 0 Å². The Kier molecular flexibility index (Phi) is 6.73. The zero-order valence-electron chi connectivity index (χ0n) is 16.5. The summed E-state index contributed by atoms with van der Waals surface area (Å²) >= 11 is 2.92. The van der Waals surface area contributed by atoms with Crippen molar-refractivity contribution in [1.29, 1.82) is 5.26 Å². The number of hydrogen-bond donors (Lipinski definition) is 1. The molecule has 0 saturated carbocycles. The molecule has 0 bridgehead atoms. The molecule has 4 aromatic carbocycles. The van der Waals surface area contributed by atoms with E-state index in [-0.39, 0.29) is 11.6 Å². The first-order valence-corrected chi connectivity index (χ1v) is 11.3. The van der Waals surface area contributed by atoms with Crippen LogP contribution in [0.2, 0.25) is 0 Å². The lowest BCUT2D eigenvalue weighted by atomic mass is 10.0. The van der Waals surface area contributed by atoms with Gasteiger partial charge < -0.3 is 5.32 Å². The predicted molar refractivity (Wildman–Crippen MR) is 129 cm³/mol. The maximum atomic E-state index is 13.1. The molecule has 3 nitrogen and oxygen atoms in total. The summed E-state index contributed by atoms with van der Waals surface area (Å²) in [6.45, 7) is 0. The number of thioether (sulfide) groups is 2. The van der Waals surface area contributed by atoms with Gasteiger partial charge in [0.1, 0.15) is 11.8 Å². The zero-order chi connectivity index (χ0) is 21.5. The van der Waals surface area contributed by atoms with E-state index in [0.717, 1.165) is 20.6 Å². The highest BCUT2D eigenvalue weighted by Crippen LogP contribution is 2.40. The second kappa shape index (κ2) is 10.0. The molecular formula is C26H18N2OS2. The summed E-state index contributed by atoms with van der Waals surface area (Å²) in [4.78, 5) is 15.1. The summed E-state index contributed by atoms with van der Waals surface area (Å²) in [5, 5.41) is 14.6. The molecule has 4 rings (SSSR count). The molecule has 4 aromatic rings. The standard InChI is InChI=1S/C26H18N2OS2/c27-18-24(28-25(29)23-17-9-11-19-10-7-8-16-22(19)23)26(30-20-12-3-1-4-13-20)31-21-14-5-2-6-15-21/h1-17H,(H,28,29). The van der Waals surface area contributed by atoms with Gasteiger partial charge >= 0.3 is 0 Å². The van der Waals surface area contributed by atoms with Gasteiger partial charge in [0.2, 0.25) is 0 Å². The molecule has 0 atom stereocenters. The van der Waals surface area contributed by atoms with Crippen LogP contribution >= 0.6 is 23.5 Å².